The van der Waals surface area contributed by atoms with E-state index >= 15 is 0 Å². The molecule has 0 bridgehead atoms. The highest BCUT2D eigenvalue weighted by molar-refractivity contribution is 5.66. The highest BCUT2D eigenvalue weighted by atomic mass is 19.4. The monoisotopic (exact) mass is 305 g/mol. The third kappa shape index (κ3) is 2.60. The zero-order valence-electron chi connectivity index (χ0n) is 11.6. The van der Waals surface area contributed by atoms with Gasteiger partial charge in [-0.25, -0.2) is 0 Å². The van der Waals surface area contributed by atoms with Gasteiger partial charge in [-0.05, 0) is 29.0 Å². The molecule has 0 spiro atoms. The number of benzene rings is 2. The minimum absolute atomic E-state index is 0.0944. The Morgan fingerprint density at radius 1 is 1.09 bits per heavy atom. The highest BCUT2D eigenvalue weighted by Gasteiger charge is 2.35. The van der Waals surface area contributed by atoms with Gasteiger partial charge in [-0.1, -0.05) is 42.5 Å². The van der Waals surface area contributed by atoms with Crippen molar-refractivity contribution in [1.29, 1.82) is 0 Å². The third-order valence-electron chi connectivity index (χ3n) is 3.75. The summed E-state index contributed by atoms with van der Waals surface area (Å²) in [6, 6.07) is 11.4. The van der Waals surface area contributed by atoms with E-state index in [9.17, 15) is 18.3 Å². The van der Waals surface area contributed by atoms with Crippen molar-refractivity contribution in [2.45, 2.75) is 18.7 Å². The molecule has 0 saturated carbocycles. The molecule has 5 heteroatoms. The fourth-order valence-corrected chi connectivity index (χ4v) is 2.73. The van der Waals surface area contributed by atoms with Crippen LogP contribution >= 0.6 is 0 Å². The molecule has 2 nitrogen and oxygen atoms in total. The molecule has 0 saturated heterocycles. The first-order valence-electron chi connectivity index (χ1n) is 6.83. The summed E-state index contributed by atoms with van der Waals surface area (Å²) in [5.74, 6) is -0.273. The van der Waals surface area contributed by atoms with Gasteiger partial charge in [0.25, 0.3) is 0 Å². The van der Waals surface area contributed by atoms with Gasteiger partial charge in [0.2, 0.25) is 0 Å². The normalized spacial score (nSPS) is 17.0. The molecule has 22 heavy (non-hydrogen) atoms. The zero-order valence-corrected chi connectivity index (χ0v) is 11.6. The molecule has 1 unspecified atom stereocenters. The van der Waals surface area contributed by atoms with Crippen molar-refractivity contribution in [2.24, 2.45) is 0 Å². The van der Waals surface area contributed by atoms with Crippen molar-refractivity contribution in [3.8, 4) is 0 Å². The van der Waals surface area contributed by atoms with Gasteiger partial charge in [0.15, 0.2) is 0 Å². The number of halogens is 3. The summed E-state index contributed by atoms with van der Waals surface area (Å²) in [4.78, 5) is 0. The Labute approximate surface area is 125 Å². The molecule has 0 aliphatic carbocycles. The van der Waals surface area contributed by atoms with Crippen LogP contribution in [0.3, 0.4) is 0 Å². The van der Waals surface area contributed by atoms with E-state index in [0.29, 0.717) is 5.56 Å². The van der Waals surface area contributed by atoms with Crippen LogP contribution in [0.2, 0.25) is 0 Å². The number of allylic oxidation sites excluding steroid dienone is 1. The fraction of sp³-hybridized carbons (Fsp3) is 0.176. The molecule has 1 aliphatic rings. The molecule has 3 rings (SSSR count). The highest BCUT2D eigenvalue weighted by Crippen LogP contribution is 2.42. The Bertz CT molecular complexity index is 722. The summed E-state index contributed by atoms with van der Waals surface area (Å²) in [5, 5.41) is 11.9. The molecule has 114 valence electrons. The lowest BCUT2D eigenvalue weighted by molar-refractivity contribution is -0.137. The van der Waals surface area contributed by atoms with Gasteiger partial charge in [-0.2, -0.15) is 13.2 Å². The zero-order chi connectivity index (χ0) is 15.7. The van der Waals surface area contributed by atoms with Crippen LogP contribution in [0.5, 0.6) is 0 Å². The lowest BCUT2D eigenvalue weighted by atomic mass is 9.86. The van der Waals surface area contributed by atoms with Crippen LogP contribution in [0.4, 0.5) is 18.9 Å². The van der Waals surface area contributed by atoms with Crippen molar-refractivity contribution in [3.63, 3.8) is 0 Å². The average Bonchev–Trinajstić information content (AvgIpc) is 2.53. The molecule has 1 heterocycles. The van der Waals surface area contributed by atoms with Gasteiger partial charge in [0.05, 0.1) is 17.9 Å². The van der Waals surface area contributed by atoms with Crippen LogP contribution in [0, 0.1) is 0 Å². The number of hydrogen-bond donors (Lipinski definition) is 2. The Balaban J connectivity index is 2.11. The lowest BCUT2D eigenvalue weighted by Crippen LogP contribution is -2.15. The van der Waals surface area contributed by atoms with Crippen molar-refractivity contribution in [3.05, 3.63) is 77.0 Å². The number of rotatable bonds is 2. The summed E-state index contributed by atoms with van der Waals surface area (Å²) in [6.45, 7) is -0.0992. The second kappa shape index (κ2) is 5.50. The van der Waals surface area contributed by atoms with E-state index in [2.05, 4.69) is 5.32 Å². The Hall–Kier alpha value is -2.27. The van der Waals surface area contributed by atoms with Gasteiger partial charge in [-0.15, -0.1) is 0 Å². The van der Waals surface area contributed by atoms with Gasteiger partial charge in [0.1, 0.15) is 0 Å². The summed E-state index contributed by atoms with van der Waals surface area (Å²) in [5.41, 5.74) is 1.59. The van der Waals surface area contributed by atoms with Crippen LogP contribution in [-0.2, 0) is 12.8 Å². The quantitative estimate of drug-likeness (QED) is 0.868. The fourth-order valence-electron chi connectivity index (χ4n) is 2.73. The van der Waals surface area contributed by atoms with E-state index < -0.39 is 11.7 Å². The Morgan fingerprint density at radius 3 is 2.59 bits per heavy atom. The molecule has 2 N–H and O–H groups in total. The second-order valence-electron chi connectivity index (χ2n) is 5.15. The Morgan fingerprint density at radius 2 is 1.86 bits per heavy atom. The van der Waals surface area contributed by atoms with E-state index in [1.165, 1.54) is 12.3 Å². The number of nitrogens with one attached hydrogen (secondary N) is 1. The first-order valence-corrected chi connectivity index (χ1v) is 6.83. The number of aliphatic hydroxyl groups excluding tert-OH is 1. The molecule has 1 atom stereocenters. The molecule has 0 amide bonds. The number of alkyl halides is 3. The first-order chi connectivity index (χ1) is 10.5. The number of para-hydroxylation sites is 1. The first kappa shape index (κ1) is 14.7. The largest absolute Gasteiger partial charge is 0.418 e. The molecule has 2 aromatic rings. The van der Waals surface area contributed by atoms with E-state index in [0.717, 1.165) is 17.2 Å². The van der Waals surface area contributed by atoms with Crippen LogP contribution in [0.15, 0.2) is 54.7 Å². The number of fused-ring (bicyclic) bond motifs is 1. The van der Waals surface area contributed by atoms with E-state index in [-0.39, 0.29) is 18.2 Å². The van der Waals surface area contributed by atoms with Gasteiger partial charge < -0.3 is 10.4 Å². The van der Waals surface area contributed by atoms with E-state index in [1.807, 2.05) is 18.2 Å². The van der Waals surface area contributed by atoms with Crippen LogP contribution in [0.1, 0.15) is 28.2 Å². The summed E-state index contributed by atoms with van der Waals surface area (Å²) < 4.78 is 39.4. The Kier molecular flexibility index (Phi) is 3.66. The standard InChI is InChI=1S/C17H14F3NO/c18-17(19,20)15-6-2-5-14-13(7-8-21-16(14)15)12-4-1-3-11(9-12)10-22/h1-9,13,21-22H,10H2. The maximum absolute atomic E-state index is 13.1. The minimum atomic E-state index is -4.40. The van der Waals surface area contributed by atoms with Gasteiger partial charge >= 0.3 is 6.18 Å². The number of aliphatic hydroxyl groups is 1. The summed E-state index contributed by atoms with van der Waals surface area (Å²) >= 11 is 0. The van der Waals surface area contributed by atoms with Crippen LogP contribution in [-0.4, -0.2) is 5.11 Å². The van der Waals surface area contributed by atoms with Crippen LogP contribution < -0.4 is 5.32 Å². The second-order valence-corrected chi connectivity index (χ2v) is 5.15. The molecule has 0 fully saturated rings. The topological polar surface area (TPSA) is 32.3 Å². The molecular weight excluding hydrogens is 291 g/mol. The number of anilines is 1. The SMILES string of the molecule is OCc1cccc(C2C=CNc3c2cccc3C(F)(F)F)c1. The van der Waals surface area contributed by atoms with Crippen molar-refractivity contribution in [1.82, 2.24) is 0 Å². The molecule has 0 aromatic heterocycles. The molecule has 0 radical (unpaired) electrons. The summed E-state index contributed by atoms with van der Waals surface area (Å²) in [7, 11) is 0. The third-order valence-corrected chi connectivity index (χ3v) is 3.75. The van der Waals surface area contributed by atoms with Gasteiger partial charge in [0, 0.05) is 5.92 Å². The predicted molar refractivity (Wildman–Crippen MR) is 78.4 cm³/mol. The summed E-state index contributed by atoms with van der Waals surface area (Å²) in [6.07, 6.45) is -1.05. The lowest BCUT2D eigenvalue weighted by Gasteiger charge is -2.25. The maximum Gasteiger partial charge on any atom is 0.418 e. The van der Waals surface area contributed by atoms with E-state index in [1.54, 1.807) is 18.2 Å². The maximum atomic E-state index is 13.1. The molecule has 1 aliphatic heterocycles. The van der Waals surface area contributed by atoms with Gasteiger partial charge in [-0.3, -0.25) is 0 Å². The predicted octanol–water partition coefficient (Wildman–Crippen LogP) is 4.27. The number of hydrogen-bond acceptors (Lipinski definition) is 2. The molecular formula is C17H14F3NO. The smallest absolute Gasteiger partial charge is 0.392 e. The van der Waals surface area contributed by atoms with Crippen molar-refractivity contribution in [2.75, 3.05) is 5.32 Å². The average molecular weight is 305 g/mol. The van der Waals surface area contributed by atoms with Crippen molar-refractivity contribution >= 4 is 5.69 Å². The van der Waals surface area contributed by atoms with E-state index in [4.69, 9.17) is 0 Å². The minimum Gasteiger partial charge on any atom is -0.392 e. The van der Waals surface area contributed by atoms with Crippen molar-refractivity contribution < 1.29 is 18.3 Å². The van der Waals surface area contributed by atoms with Crippen LogP contribution in [0.25, 0.3) is 0 Å². The molecule has 2 aromatic carbocycles.